The Kier molecular flexibility index (Phi) is 420. The molecule has 0 aliphatic carbocycles. The summed E-state index contributed by atoms with van der Waals surface area (Å²) in [5.41, 5.74) is 23.0. The van der Waals surface area contributed by atoms with E-state index in [4.69, 9.17) is 42.0 Å². The van der Waals surface area contributed by atoms with E-state index >= 15 is 0 Å². The van der Waals surface area contributed by atoms with Crippen molar-refractivity contribution >= 4 is 25.3 Å². The molecular weight excluding hydrogens is 398 g/mol. The second-order valence-electron chi connectivity index (χ2n) is 2.12. The molecule has 12 heteroatoms. The minimum absolute atomic E-state index is 0. The Labute approximate surface area is 151 Å². The first-order valence-electron chi connectivity index (χ1n) is 4.72. The fraction of sp³-hybridized carbons (Fsp3) is 1.00. The first kappa shape index (κ1) is 50.1. The molecule has 0 amide bonds. The molecule has 0 N–H and O–H groups in total. The van der Waals surface area contributed by atoms with Crippen LogP contribution < -0.4 is 0 Å². The Morgan fingerprint density at radius 3 is 0.750 bits per heavy atom. The van der Waals surface area contributed by atoms with Crippen LogP contribution in [0.15, 0.2) is 0 Å². The van der Waals surface area contributed by atoms with E-state index in [9.17, 15) is 0 Å². The molecule has 2 radical (unpaired) electrons. The largest absolute Gasteiger partial charge is 2.00 e. The maximum absolute atomic E-state index is 7.25. The van der Waals surface area contributed by atoms with E-state index < -0.39 is 0 Å². The Hall–Kier alpha value is 0.113. The van der Waals surface area contributed by atoms with Crippen LogP contribution in [0.5, 0.6) is 0 Å². The van der Waals surface area contributed by atoms with E-state index in [2.05, 4.69) is 39.1 Å². The van der Waals surface area contributed by atoms with Crippen LogP contribution in [0.2, 0.25) is 0 Å². The van der Waals surface area contributed by atoms with Crippen molar-refractivity contribution in [3.8, 4) is 0 Å². The third-order valence-electron chi connectivity index (χ3n) is 0.996. The number of hydrogen-bond donors (Lipinski definition) is 0. The van der Waals surface area contributed by atoms with Crippen molar-refractivity contribution in [3.63, 3.8) is 0 Å². The minimum atomic E-state index is 0. The molecule has 0 rings (SSSR count). The molecule has 20 heavy (non-hydrogen) atoms. The van der Waals surface area contributed by atoms with Crippen LogP contribution in [0, 0.1) is 19.6 Å². The van der Waals surface area contributed by atoms with Gasteiger partial charge in [-0.15, -0.1) is 0 Å². The van der Waals surface area contributed by atoms with Crippen molar-refractivity contribution in [2.45, 2.75) is 39.5 Å². The molecular formula is C8H18Co2N4O4S2-2. The number of nitrogens with zero attached hydrogens (tertiary/aromatic N) is 4. The van der Waals surface area contributed by atoms with Crippen molar-refractivity contribution in [1.82, 2.24) is 0 Å². The molecule has 0 aliphatic rings. The van der Waals surface area contributed by atoms with Gasteiger partial charge in [-0.25, -0.2) is 0 Å². The van der Waals surface area contributed by atoms with Crippen molar-refractivity contribution in [1.29, 1.82) is 0 Å². The molecule has 0 aliphatic heterocycles. The van der Waals surface area contributed by atoms with Crippen LogP contribution >= 0.6 is 0 Å². The minimum Gasteiger partial charge on any atom is -0.793 e. The van der Waals surface area contributed by atoms with Gasteiger partial charge < -0.3 is 67.3 Å². The molecule has 0 aromatic rings. The smallest absolute Gasteiger partial charge is 0.793 e. The van der Waals surface area contributed by atoms with Crippen LogP contribution in [0.3, 0.4) is 0 Å². The number of unbranched alkanes of at least 4 members (excludes halogenated alkanes) is 2. The van der Waals surface area contributed by atoms with E-state index in [0.717, 1.165) is 11.5 Å². The second kappa shape index (κ2) is 168. The van der Waals surface area contributed by atoms with Gasteiger partial charge in [0.2, 0.25) is 0 Å². The van der Waals surface area contributed by atoms with Gasteiger partial charge in [-0.1, -0.05) is 39.5 Å². The molecule has 0 saturated heterocycles. The Morgan fingerprint density at radius 1 is 0.600 bits per heavy atom. The molecule has 0 unspecified atom stereocenters. The number of hydrogen-bond acceptors (Lipinski definition) is 6. The van der Waals surface area contributed by atoms with E-state index in [1.165, 1.54) is 25.7 Å². The fourth-order valence-electron chi connectivity index (χ4n) is 0.289. The molecule has 0 aromatic carbocycles. The third-order valence-corrected chi connectivity index (χ3v) is 1.57. The predicted octanol–water partition coefficient (Wildman–Crippen LogP) is 3.95. The van der Waals surface area contributed by atoms with Crippen molar-refractivity contribution in [3.05, 3.63) is 42.0 Å². The quantitative estimate of drug-likeness (QED) is 0.631. The normalized spacial score (nSPS) is 5.00. The van der Waals surface area contributed by atoms with Gasteiger partial charge >= 0.3 is 33.6 Å². The average molecular weight is 416 g/mol. The second-order valence-corrected chi connectivity index (χ2v) is 2.93. The Balaban J connectivity index is -0.0000000151. The summed E-state index contributed by atoms with van der Waals surface area (Å²) in [4.78, 5) is 29.0. The average Bonchev–Trinajstić information content (AvgIpc) is 2.50. The summed E-state index contributed by atoms with van der Waals surface area (Å²) in [5.74, 6) is 1.85. The summed E-state index contributed by atoms with van der Waals surface area (Å²) in [6, 6.07) is 0. The van der Waals surface area contributed by atoms with E-state index in [1.54, 1.807) is 0 Å². The van der Waals surface area contributed by atoms with Crippen LogP contribution in [0.1, 0.15) is 39.5 Å². The summed E-state index contributed by atoms with van der Waals surface area (Å²) < 4.78 is 0. The Bertz CT molecular complexity index is 90.9. The van der Waals surface area contributed by atoms with Gasteiger partial charge in [0.05, 0.1) is 0 Å². The summed E-state index contributed by atoms with van der Waals surface area (Å²) in [6.45, 7) is 4.29. The summed E-state index contributed by atoms with van der Waals surface area (Å²) >= 11 is 9.30. The van der Waals surface area contributed by atoms with Crippen molar-refractivity contribution in [2.75, 3.05) is 11.5 Å². The summed E-state index contributed by atoms with van der Waals surface area (Å²) in [5, 5.41) is 0. The third kappa shape index (κ3) is 314. The molecule has 0 heterocycles. The van der Waals surface area contributed by atoms with E-state index in [1.807, 2.05) is 0 Å². The van der Waals surface area contributed by atoms with Gasteiger partial charge in [-0.05, 0) is 0 Å². The SMILES string of the molecule is CCCC[S-].CCCC[S-].[Co+2].[Co+2].[N-]=O.[N-]=O.[N-]=O.[N-]=O. The molecule has 0 fully saturated rings. The maximum atomic E-state index is 7.25. The number of nitroso groups, excluding NO2 is 4. The predicted molar refractivity (Wildman–Crippen MR) is 81.2 cm³/mol. The molecule has 0 bridgehead atoms. The van der Waals surface area contributed by atoms with Gasteiger partial charge in [0.1, 0.15) is 0 Å². The summed E-state index contributed by atoms with van der Waals surface area (Å²) in [6.07, 6.45) is 4.89. The van der Waals surface area contributed by atoms with Crippen molar-refractivity contribution < 1.29 is 33.6 Å². The van der Waals surface area contributed by atoms with Gasteiger partial charge in [0.25, 0.3) is 0 Å². The molecule has 126 valence electrons. The molecule has 0 aromatic heterocycles. The van der Waals surface area contributed by atoms with Crippen LogP contribution in [-0.2, 0) is 58.8 Å². The van der Waals surface area contributed by atoms with E-state index in [-0.39, 0.29) is 33.6 Å². The monoisotopic (exact) mass is 416 g/mol. The molecule has 0 spiro atoms. The van der Waals surface area contributed by atoms with Gasteiger partial charge in [0, 0.05) is 0 Å². The van der Waals surface area contributed by atoms with Crippen LogP contribution in [0.25, 0.3) is 22.4 Å². The zero-order valence-electron chi connectivity index (χ0n) is 11.1. The first-order chi connectivity index (χ1) is 8.83. The van der Waals surface area contributed by atoms with E-state index in [0.29, 0.717) is 0 Å². The maximum Gasteiger partial charge on any atom is 2.00 e. The van der Waals surface area contributed by atoms with Gasteiger partial charge in [0.15, 0.2) is 0 Å². The first-order valence-corrected chi connectivity index (χ1v) is 5.88. The molecule has 0 atom stereocenters. The zero-order chi connectivity index (χ0) is 16.2. The van der Waals surface area contributed by atoms with Crippen molar-refractivity contribution in [2.24, 2.45) is 0 Å². The molecule has 0 saturated carbocycles. The fourth-order valence-corrected chi connectivity index (χ4v) is 0.866. The van der Waals surface area contributed by atoms with Gasteiger partial charge in [-0.3, -0.25) is 0 Å². The zero-order valence-corrected chi connectivity index (χ0v) is 14.9. The molecule has 8 nitrogen and oxygen atoms in total. The van der Waals surface area contributed by atoms with Crippen LogP contribution in [0.4, 0.5) is 0 Å². The van der Waals surface area contributed by atoms with Gasteiger partial charge in [-0.2, -0.15) is 11.5 Å². The summed E-state index contributed by atoms with van der Waals surface area (Å²) in [7, 11) is 0. The topological polar surface area (TPSA) is 157 Å². The number of rotatable bonds is 4. The van der Waals surface area contributed by atoms with Crippen LogP contribution in [-0.4, -0.2) is 11.5 Å². The standard InChI is InChI=1S/2C4H10S.2Co.4NO/c2*1-2-3-4-5;;;4*1-2/h2*5H,2-4H2,1H3;;;;;;/q;;2*+2;4*-1/p-2. The Morgan fingerprint density at radius 2 is 0.750 bits per heavy atom.